The first-order chi connectivity index (χ1) is 14.5. The van der Waals surface area contributed by atoms with Crippen molar-refractivity contribution in [3.05, 3.63) is 69.9 Å². The highest BCUT2D eigenvalue weighted by Crippen LogP contribution is 2.35. The van der Waals surface area contributed by atoms with Gasteiger partial charge in [-0.3, -0.25) is 19.3 Å². The van der Waals surface area contributed by atoms with E-state index in [2.05, 4.69) is 0 Å². The van der Waals surface area contributed by atoms with E-state index in [-0.39, 0.29) is 36.1 Å². The molecule has 0 unspecified atom stereocenters. The Bertz CT molecular complexity index is 940. The van der Waals surface area contributed by atoms with Crippen LogP contribution >= 0.6 is 11.3 Å². The van der Waals surface area contributed by atoms with E-state index < -0.39 is 0 Å². The average molecular weight is 423 g/mol. The molecule has 1 saturated heterocycles. The molecule has 5 nitrogen and oxygen atoms in total. The molecule has 1 aliphatic heterocycles. The molecule has 0 bridgehead atoms. The van der Waals surface area contributed by atoms with Gasteiger partial charge >= 0.3 is 0 Å². The number of carbonyl (C=O) groups excluding carboxylic acids is 3. The molecule has 2 heterocycles. The molecule has 3 amide bonds. The van der Waals surface area contributed by atoms with Crippen molar-refractivity contribution in [2.75, 3.05) is 13.1 Å². The Balaban J connectivity index is 1.47. The molecule has 0 spiro atoms. The van der Waals surface area contributed by atoms with Gasteiger partial charge in [-0.05, 0) is 43.9 Å². The van der Waals surface area contributed by atoms with Crippen molar-refractivity contribution in [1.29, 1.82) is 0 Å². The van der Waals surface area contributed by atoms with E-state index in [0.717, 1.165) is 16.9 Å². The summed E-state index contributed by atoms with van der Waals surface area (Å²) in [5.41, 5.74) is 1.16. The molecule has 1 aromatic carbocycles. The van der Waals surface area contributed by atoms with Gasteiger partial charge in [-0.2, -0.15) is 0 Å². The van der Waals surface area contributed by atoms with Gasteiger partial charge in [0.15, 0.2) is 0 Å². The smallest absolute Gasteiger partial charge is 0.243 e. The number of hydrogen-bond donors (Lipinski definition) is 0. The van der Waals surface area contributed by atoms with Crippen LogP contribution < -0.4 is 0 Å². The van der Waals surface area contributed by atoms with E-state index in [9.17, 15) is 14.4 Å². The summed E-state index contributed by atoms with van der Waals surface area (Å²) in [5.74, 6) is -1.17. The predicted molar refractivity (Wildman–Crippen MR) is 117 cm³/mol. The molecule has 6 heteroatoms. The lowest BCUT2D eigenvalue weighted by Gasteiger charge is -2.25. The fraction of sp³-hybridized carbons (Fsp3) is 0.375. The van der Waals surface area contributed by atoms with Crippen molar-refractivity contribution >= 4 is 29.1 Å². The highest BCUT2D eigenvalue weighted by atomic mass is 32.1. The monoisotopic (exact) mass is 422 g/mol. The molecule has 0 N–H and O–H groups in total. The van der Waals surface area contributed by atoms with E-state index >= 15 is 0 Å². The summed E-state index contributed by atoms with van der Waals surface area (Å²) in [5, 5.41) is 0. The van der Waals surface area contributed by atoms with E-state index in [1.807, 2.05) is 61.5 Å². The third-order valence-electron chi connectivity index (χ3n) is 5.90. The fourth-order valence-corrected chi connectivity index (χ4v) is 5.13. The van der Waals surface area contributed by atoms with Gasteiger partial charge in [0.1, 0.15) is 6.54 Å². The molecule has 0 saturated carbocycles. The first-order valence-corrected chi connectivity index (χ1v) is 11.2. The predicted octanol–water partition coefficient (Wildman–Crippen LogP) is 3.58. The summed E-state index contributed by atoms with van der Waals surface area (Å²) in [6.45, 7) is 2.92. The van der Waals surface area contributed by atoms with Crippen molar-refractivity contribution in [2.24, 2.45) is 11.8 Å². The van der Waals surface area contributed by atoms with Crippen LogP contribution in [0.15, 0.2) is 54.6 Å². The molecule has 30 heavy (non-hydrogen) atoms. The summed E-state index contributed by atoms with van der Waals surface area (Å²) in [6.07, 6.45) is 5.83. The lowest BCUT2D eigenvalue weighted by atomic mass is 9.85. The maximum Gasteiger partial charge on any atom is 0.243 e. The standard InChI is InChI=1S/C24H26N2O3S/c1-17-11-12-19(30-17)15-25(14-13-18-7-3-2-4-8-18)22(27)16-26-23(28)20-9-5-6-10-21(20)24(26)29/h2-8,11-12,20-21H,9-10,13-16H2,1H3/t20-,21-/m1/s1. The molecule has 2 aromatic rings. The number of allylic oxidation sites excluding steroid dienone is 2. The fourth-order valence-electron chi connectivity index (χ4n) is 4.22. The van der Waals surface area contributed by atoms with Gasteiger partial charge < -0.3 is 4.90 Å². The molecular weight excluding hydrogens is 396 g/mol. The number of hydrogen-bond acceptors (Lipinski definition) is 4. The van der Waals surface area contributed by atoms with E-state index in [1.54, 1.807) is 16.2 Å². The van der Waals surface area contributed by atoms with Crippen LogP contribution in [0.4, 0.5) is 0 Å². The molecular formula is C24H26N2O3S. The Hall–Kier alpha value is -2.73. The van der Waals surface area contributed by atoms with Gasteiger partial charge in [0.05, 0.1) is 18.4 Å². The molecule has 2 atom stereocenters. The lowest BCUT2D eigenvalue weighted by molar-refractivity contribution is -0.146. The first-order valence-electron chi connectivity index (χ1n) is 10.4. The summed E-state index contributed by atoms with van der Waals surface area (Å²) in [7, 11) is 0. The SMILES string of the molecule is Cc1ccc(CN(CCc2ccccc2)C(=O)CN2C(=O)[C@@H]3CC=CC[C@H]3C2=O)s1. The van der Waals surface area contributed by atoms with Gasteiger partial charge in [0, 0.05) is 16.3 Å². The molecule has 1 fully saturated rings. The Morgan fingerprint density at radius 1 is 1.03 bits per heavy atom. The number of fused-ring (bicyclic) bond motifs is 1. The number of benzene rings is 1. The minimum absolute atomic E-state index is 0.163. The minimum Gasteiger partial charge on any atom is -0.336 e. The van der Waals surface area contributed by atoms with Crippen LogP contribution in [0.5, 0.6) is 0 Å². The molecule has 1 aromatic heterocycles. The van der Waals surface area contributed by atoms with Gasteiger partial charge in [0.25, 0.3) is 0 Å². The van der Waals surface area contributed by atoms with Crippen molar-refractivity contribution in [3.63, 3.8) is 0 Å². The number of carbonyl (C=O) groups is 3. The third-order valence-corrected chi connectivity index (χ3v) is 6.89. The second-order valence-electron chi connectivity index (χ2n) is 7.98. The number of nitrogens with zero attached hydrogens (tertiary/aromatic N) is 2. The lowest BCUT2D eigenvalue weighted by Crippen LogP contribution is -2.43. The number of imide groups is 1. The average Bonchev–Trinajstić information content (AvgIpc) is 3.28. The highest BCUT2D eigenvalue weighted by molar-refractivity contribution is 7.11. The van der Waals surface area contributed by atoms with Crippen LogP contribution in [0, 0.1) is 18.8 Å². The van der Waals surface area contributed by atoms with Gasteiger partial charge in [-0.15, -0.1) is 11.3 Å². The number of rotatable bonds is 7. The van der Waals surface area contributed by atoms with Crippen LogP contribution in [-0.2, 0) is 27.3 Å². The van der Waals surface area contributed by atoms with E-state index in [1.165, 1.54) is 9.78 Å². The topological polar surface area (TPSA) is 57.7 Å². The van der Waals surface area contributed by atoms with Crippen molar-refractivity contribution in [2.45, 2.75) is 32.7 Å². The number of amides is 3. The zero-order valence-electron chi connectivity index (χ0n) is 17.1. The Labute approximate surface area is 181 Å². The number of likely N-dealkylation sites (tertiary alicyclic amines) is 1. The molecule has 4 rings (SSSR count). The second kappa shape index (κ2) is 8.96. The van der Waals surface area contributed by atoms with Crippen LogP contribution in [0.1, 0.15) is 28.2 Å². The maximum atomic E-state index is 13.2. The number of aryl methyl sites for hydroxylation is 1. The first kappa shape index (κ1) is 20.5. The maximum absolute atomic E-state index is 13.2. The zero-order chi connectivity index (χ0) is 21.1. The van der Waals surface area contributed by atoms with Crippen molar-refractivity contribution < 1.29 is 14.4 Å². The normalized spacial score (nSPS) is 20.5. The zero-order valence-corrected chi connectivity index (χ0v) is 17.9. The third kappa shape index (κ3) is 4.38. The Kier molecular flexibility index (Phi) is 6.13. The summed E-state index contributed by atoms with van der Waals surface area (Å²) < 4.78 is 0. The van der Waals surface area contributed by atoms with Crippen molar-refractivity contribution in [3.8, 4) is 0 Å². The largest absolute Gasteiger partial charge is 0.336 e. The molecule has 156 valence electrons. The van der Waals surface area contributed by atoms with E-state index in [4.69, 9.17) is 0 Å². The van der Waals surface area contributed by atoms with Crippen LogP contribution in [0.3, 0.4) is 0 Å². The molecule has 2 aliphatic rings. The molecule has 0 radical (unpaired) electrons. The minimum atomic E-state index is -0.298. The quantitative estimate of drug-likeness (QED) is 0.506. The van der Waals surface area contributed by atoms with Crippen LogP contribution in [0.25, 0.3) is 0 Å². The van der Waals surface area contributed by atoms with Gasteiger partial charge in [0.2, 0.25) is 17.7 Å². The summed E-state index contributed by atoms with van der Waals surface area (Å²) in [4.78, 5) is 44.0. The second-order valence-corrected chi connectivity index (χ2v) is 9.35. The van der Waals surface area contributed by atoms with Gasteiger partial charge in [-0.1, -0.05) is 42.5 Å². The van der Waals surface area contributed by atoms with Crippen LogP contribution in [0.2, 0.25) is 0 Å². The van der Waals surface area contributed by atoms with E-state index in [0.29, 0.717) is 25.9 Å². The summed E-state index contributed by atoms with van der Waals surface area (Å²) >= 11 is 1.67. The Morgan fingerprint density at radius 3 is 2.30 bits per heavy atom. The van der Waals surface area contributed by atoms with Crippen molar-refractivity contribution in [1.82, 2.24) is 9.80 Å². The van der Waals surface area contributed by atoms with Gasteiger partial charge in [-0.25, -0.2) is 0 Å². The summed E-state index contributed by atoms with van der Waals surface area (Å²) in [6, 6.07) is 14.1. The Morgan fingerprint density at radius 2 is 1.70 bits per heavy atom. The number of thiophene rings is 1. The van der Waals surface area contributed by atoms with Crippen LogP contribution in [-0.4, -0.2) is 40.6 Å². The molecule has 1 aliphatic carbocycles. The highest BCUT2D eigenvalue weighted by Gasteiger charge is 2.47.